The van der Waals surface area contributed by atoms with E-state index >= 15 is 0 Å². The Morgan fingerprint density at radius 3 is 2.79 bits per heavy atom. The number of carbonyl (C=O) groups is 2. The molecule has 2 rings (SSSR count). The van der Waals surface area contributed by atoms with Gasteiger partial charge < -0.3 is 19.7 Å². The van der Waals surface area contributed by atoms with Crippen LogP contribution in [-0.4, -0.2) is 41.0 Å². The van der Waals surface area contributed by atoms with Crippen LogP contribution < -0.4 is 5.32 Å². The van der Waals surface area contributed by atoms with Crippen LogP contribution in [-0.2, 0) is 16.1 Å². The number of rotatable bonds is 7. The van der Waals surface area contributed by atoms with E-state index in [9.17, 15) is 14.7 Å². The summed E-state index contributed by atoms with van der Waals surface area (Å²) in [6.45, 7) is 8.95. The minimum absolute atomic E-state index is 0.0342. The lowest BCUT2D eigenvalue weighted by Gasteiger charge is -2.33. The van der Waals surface area contributed by atoms with E-state index in [1.54, 1.807) is 17.2 Å². The van der Waals surface area contributed by atoms with Gasteiger partial charge in [-0.1, -0.05) is 27.7 Å². The van der Waals surface area contributed by atoms with Gasteiger partial charge in [0.05, 0.1) is 24.8 Å². The number of hydrogen-bond donors (Lipinski definition) is 2. The van der Waals surface area contributed by atoms with Crippen LogP contribution in [0.25, 0.3) is 0 Å². The highest BCUT2D eigenvalue weighted by Gasteiger charge is 2.36. The van der Waals surface area contributed by atoms with Gasteiger partial charge in [0, 0.05) is 24.9 Å². The summed E-state index contributed by atoms with van der Waals surface area (Å²) in [6, 6.07) is 3.60. The van der Waals surface area contributed by atoms with Crippen LogP contribution in [0.5, 0.6) is 0 Å². The predicted molar refractivity (Wildman–Crippen MR) is 89.9 cm³/mol. The van der Waals surface area contributed by atoms with E-state index < -0.39 is 11.5 Å². The molecule has 2 unspecified atom stereocenters. The number of furan rings is 1. The summed E-state index contributed by atoms with van der Waals surface area (Å²) < 4.78 is 5.26. The summed E-state index contributed by atoms with van der Waals surface area (Å²) in [7, 11) is 0. The van der Waals surface area contributed by atoms with Gasteiger partial charge in [0.1, 0.15) is 5.76 Å². The molecule has 1 saturated heterocycles. The first-order valence-electron chi connectivity index (χ1n) is 8.46. The summed E-state index contributed by atoms with van der Waals surface area (Å²) >= 11 is 0. The molecule has 0 radical (unpaired) electrons. The van der Waals surface area contributed by atoms with Crippen molar-refractivity contribution in [3.05, 3.63) is 24.2 Å². The first kappa shape index (κ1) is 18.5. The van der Waals surface area contributed by atoms with E-state index in [4.69, 9.17) is 4.42 Å². The molecule has 2 N–H and O–H groups in total. The number of carbonyl (C=O) groups excluding carboxylic acids is 2. The lowest BCUT2D eigenvalue weighted by molar-refractivity contribution is -0.129. The van der Waals surface area contributed by atoms with Gasteiger partial charge in [-0.25, -0.2) is 0 Å². The van der Waals surface area contributed by atoms with E-state index in [-0.39, 0.29) is 30.1 Å². The highest BCUT2D eigenvalue weighted by atomic mass is 16.3. The molecular formula is C18H28N2O4. The Morgan fingerprint density at radius 1 is 1.50 bits per heavy atom. The van der Waals surface area contributed by atoms with Gasteiger partial charge in [-0.05, 0) is 18.1 Å². The standard InChI is InChI=1S/C18H28N2O4/c1-12(2)16(22)18(3,4)11-19-17(23)13-8-15(21)20(9-13)10-14-6-5-7-24-14/h5-7,12-13,16,22H,8-11H2,1-4H3,(H,19,23). The molecule has 0 aliphatic carbocycles. The fourth-order valence-electron chi connectivity index (χ4n) is 3.16. The van der Waals surface area contributed by atoms with Crippen LogP contribution in [0.2, 0.25) is 0 Å². The Balaban J connectivity index is 1.86. The fraction of sp³-hybridized carbons (Fsp3) is 0.667. The number of amides is 2. The molecule has 1 aromatic rings. The molecule has 2 amide bonds. The Hall–Kier alpha value is -1.82. The van der Waals surface area contributed by atoms with Gasteiger partial charge in [-0.2, -0.15) is 0 Å². The Morgan fingerprint density at radius 2 is 2.21 bits per heavy atom. The number of likely N-dealkylation sites (tertiary alicyclic amines) is 1. The minimum atomic E-state index is -0.501. The lowest BCUT2D eigenvalue weighted by Crippen LogP contribution is -2.45. The highest BCUT2D eigenvalue weighted by molar-refractivity contribution is 5.89. The zero-order valence-electron chi connectivity index (χ0n) is 14.9. The smallest absolute Gasteiger partial charge is 0.225 e. The molecule has 0 bridgehead atoms. The summed E-state index contributed by atoms with van der Waals surface area (Å²) in [4.78, 5) is 26.1. The van der Waals surface area contributed by atoms with Gasteiger partial charge in [0.2, 0.25) is 11.8 Å². The SMILES string of the molecule is CC(C)C(O)C(C)(C)CNC(=O)C1CC(=O)N(Cc2ccco2)C1. The van der Waals surface area contributed by atoms with Crippen LogP contribution >= 0.6 is 0 Å². The highest BCUT2D eigenvalue weighted by Crippen LogP contribution is 2.26. The Kier molecular flexibility index (Phi) is 5.70. The van der Waals surface area contributed by atoms with Crippen molar-refractivity contribution in [1.29, 1.82) is 0 Å². The molecule has 6 nitrogen and oxygen atoms in total. The van der Waals surface area contributed by atoms with E-state index in [1.807, 2.05) is 33.8 Å². The minimum Gasteiger partial charge on any atom is -0.467 e. The van der Waals surface area contributed by atoms with Crippen molar-refractivity contribution >= 4 is 11.8 Å². The van der Waals surface area contributed by atoms with E-state index in [0.717, 1.165) is 0 Å². The Labute approximate surface area is 143 Å². The van der Waals surface area contributed by atoms with Gasteiger partial charge >= 0.3 is 0 Å². The van der Waals surface area contributed by atoms with Crippen molar-refractivity contribution in [3.63, 3.8) is 0 Å². The number of nitrogens with zero attached hydrogens (tertiary/aromatic N) is 1. The van der Waals surface area contributed by atoms with Crippen molar-refractivity contribution in [2.75, 3.05) is 13.1 Å². The molecule has 134 valence electrons. The fourth-order valence-corrected chi connectivity index (χ4v) is 3.16. The molecule has 1 aliphatic rings. The molecular weight excluding hydrogens is 308 g/mol. The summed E-state index contributed by atoms with van der Waals surface area (Å²) in [5.74, 6) is 0.321. The maximum absolute atomic E-state index is 12.4. The first-order chi connectivity index (χ1) is 11.2. The largest absolute Gasteiger partial charge is 0.467 e. The van der Waals surface area contributed by atoms with Crippen LogP contribution in [0.3, 0.4) is 0 Å². The number of hydrogen-bond acceptors (Lipinski definition) is 4. The second-order valence-corrected chi connectivity index (χ2v) is 7.65. The van der Waals surface area contributed by atoms with E-state index in [1.165, 1.54) is 0 Å². The average Bonchev–Trinajstić information content (AvgIpc) is 3.15. The Bertz CT molecular complexity index is 566. The van der Waals surface area contributed by atoms with Crippen molar-refractivity contribution in [2.24, 2.45) is 17.3 Å². The van der Waals surface area contributed by atoms with Crippen LogP contribution in [0.1, 0.15) is 39.9 Å². The second-order valence-electron chi connectivity index (χ2n) is 7.65. The van der Waals surface area contributed by atoms with Gasteiger partial charge in [0.25, 0.3) is 0 Å². The lowest BCUT2D eigenvalue weighted by atomic mass is 9.80. The zero-order valence-corrected chi connectivity index (χ0v) is 14.9. The third kappa shape index (κ3) is 4.38. The van der Waals surface area contributed by atoms with Crippen LogP contribution in [0.15, 0.2) is 22.8 Å². The maximum atomic E-state index is 12.4. The molecule has 1 aromatic heterocycles. The normalized spacial score (nSPS) is 19.8. The average molecular weight is 336 g/mol. The van der Waals surface area contributed by atoms with Crippen LogP contribution in [0, 0.1) is 17.3 Å². The van der Waals surface area contributed by atoms with Crippen molar-refractivity contribution in [3.8, 4) is 0 Å². The third-order valence-corrected chi connectivity index (χ3v) is 4.66. The van der Waals surface area contributed by atoms with Gasteiger partial charge in [0.15, 0.2) is 0 Å². The number of aliphatic hydroxyl groups excluding tert-OH is 1. The molecule has 1 fully saturated rings. The zero-order chi connectivity index (χ0) is 17.9. The monoisotopic (exact) mass is 336 g/mol. The second kappa shape index (κ2) is 7.38. The quantitative estimate of drug-likeness (QED) is 0.795. The molecule has 1 aliphatic heterocycles. The first-order valence-corrected chi connectivity index (χ1v) is 8.46. The van der Waals surface area contributed by atoms with E-state index in [2.05, 4.69) is 5.32 Å². The number of nitrogens with one attached hydrogen (secondary N) is 1. The molecule has 2 atom stereocenters. The topological polar surface area (TPSA) is 82.8 Å². The third-order valence-electron chi connectivity index (χ3n) is 4.66. The molecule has 24 heavy (non-hydrogen) atoms. The molecule has 0 saturated carbocycles. The molecule has 6 heteroatoms. The summed E-state index contributed by atoms with van der Waals surface area (Å²) in [5, 5.41) is 13.1. The maximum Gasteiger partial charge on any atom is 0.225 e. The van der Waals surface area contributed by atoms with Gasteiger partial charge in [-0.3, -0.25) is 9.59 Å². The molecule has 0 aromatic carbocycles. The van der Waals surface area contributed by atoms with E-state index in [0.29, 0.717) is 25.4 Å². The van der Waals surface area contributed by atoms with Crippen molar-refractivity contribution < 1.29 is 19.1 Å². The predicted octanol–water partition coefficient (Wildman–Crippen LogP) is 1.79. The van der Waals surface area contributed by atoms with Crippen molar-refractivity contribution in [2.45, 2.75) is 46.8 Å². The summed E-state index contributed by atoms with van der Waals surface area (Å²) in [5.41, 5.74) is -0.416. The number of aliphatic hydroxyl groups is 1. The van der Waals surface area contributed by atoms with Crippen molar-refractivity contribution in [1.82, 2.24) is 10.2 Å². The van der Waals surface area contributed by atoms with Gasteiger partial charge in [-0.15, -0.1) is 0 Å². The molecule has 0 spiro atoms. The van der Waals surface area contributed by atoms with Crippen LogP contribution in [0.4, 0.5) is 0 Å². The molecule has 2 heterocycles. The summed E-state index contributed by atoms with van der Waals surface area (Å²) in [6.07, 6.45) is 1.29.